The van der Waals surface area contributed by atoms with E-state index in [2.05, 4.69) is 4.98 Å². The van der Waals surface area contributed by atoms with Crippen LogP contribution in [0.15, 0.2) is 48.7 Å². The highest BCUT2D eigenvalue weighted by Crippen LogP contribution is 2.38. The van der Waals surface area contributed by atoms with Crippen molar-refractivity contribution in [1.29, 1.82) is 0 Å². The van der Waals surface area contributed by atoms with Gasteiger partial charge in [-0.25, -0.2) is 4.98 Å². The second kappa shape index (κ2) is 7.14. The molecule has 0 radical (unpaired) electrons. The first-order valence-electron chi connectivity index (χ1n) is 8.06. The molecule has 1 unspecified atom stereocenters. The van der Waals surface area contributed by atoms with Gasteiger partial charge in [0.2, 0.25) is 0 Å². The van der Waals surface area contributed by atoms with Gasteiger partial charge >= 0.3 is 0 Å². The first-order valence-corrected chi connectivity index (χ1v) is 8.44. The Morgan fingerprint density at radius 2 is 1.77 bits per heavy atom. The van der Waals surface area contributed by atoms with Gasteiger partial charge in [0.1, 0.15) is 17.6 Å². The van der Waals surface area contributed by atoms with Crippen LogP contribution in [0.25, 0.3) is 11.1 Å². The highest BCUT2D eigenvalue weighted by molar-refractivity contribution is 6.31. The number of nitrogen functional groups attached to an aromatic ring is 1. The summed E-state index contributed by atoms with van der Waals surface area (Å²) in [5.74, 6) is 0.917. The number of aromatic hydroxyl groups is 2. The number of hydrogen-bond donors (Lipinski definition) is 3. The number of aromatic nitrogens is 1. The Morgan fingerprint density at radius 1 is 1.08 bits per heavy atom. The number of phenolic OH excluding ortho intramolecular Hbond substituents is 2. The molecule has 0 aliphatic carbocycles. The SMILES string of the molecule is Cc1ccc(Cl)c(C(C)Oc2cc(-c3ccc(O)cc3)cnc2N)c1O. The van der Waals surface area contributed by atoms with E-state index in [1.807, 2.05) is 0 Å². The van der Waals surface area contributed by atoms with E-state index in [1.165, 1.54) is 0 Å². The fourth-order valence-electron chi connectivity index (χ4n) is 2.69. The Kier molecular flexibility index (Phi) is 4.91. The van der Waals surface area contributed by atoms with Gasteiger partial charge in [0.05, 0.1) is 10.6 Å². The fourth-order valence-corrected chi connectivity index (χ4v) is 3.00. The number of phenols is 2. The second-order valence-corrected chi connectivity index (χ2v) is 6.45. The van der Waals surface area contributed by atoms with Crippen LogP contribution in [0.4, 0.5) is 5.82 Å². The van der Waals surface area contributed by atoms with Crippen LogP contribution in [0.2, 0.25) is 5.02 Å². The molecule has 0 fully saturated rings. The van der Waals surface area contributed by atoms with Gasteiger partial charge in [0, 0.05) is 11.8 Å². The third-order valence-corrected chi connectivity index (χ3v) is 4.49. The average molecular weight is 371 g/mol. The largest absolute Gasteiger partial charge is 0.508 e. The molecule has 0 bridgehead atoms. The van der Waals surface area contributed by atoms with Gasteiger partial charge in [0.15, 0.2) is 11.6 Å². The smallest absolute Gasteiger partial charge is 0.166 e. The van der Waals surface area contributed by atoms with Gasteiger partial charge in [-0.1, -0.05) is 29.8 Å². The molecule has 3 rings (SSSR count). The summed E-state index contributed by atoms with van der Waals surface area (Å²) in [7, 11) is 0. The molecule has 0 aliphatic heterocycles. The van der Waals surface area contributed by atoms with E-state index in [4.69, 9.17) is 22.1 Å². The van der Waals surface area contributed by atoms with Crippen LogP contribution < -0.4 is 10.5 Å². The van der Waals surface area contributed by atoms with Crippen molar-refractivity contribution in [1.82, 2.24) is 4.98 Å². The molecule has 1 atom stereocenters. The highest BCUT2D eigenvalue weighted by Gasteiger charge is 2.19. The van der Waals surface area contributed by atoms with Gasteiger partial charge in [-0.2, -0.15) is 0 Å². The lowest BCUT2D eigenvalue weighted by atomic mass is 10.1. The molecular weight excluding hydrogens is 352 g/mol. The van der Waals surface area contributed by atoms with Crippen LogP contribution in [-0.4, -0.2) is 15.2 Å². The topological polar surface area (TPSA) is 88.6 Å². The summed E-state index contributed by atoms with van der Waals surface area (Å²) in [6, 6.07) is 12.0. The zero-order chi connectivity index (χ0) is 18.8. The summed E-state index contributed by atoms with van der Waals surface area (Å²) in [4.78, 5) is 4.18. The van der Waals surface area contributed by atoms with Crippen molar-refractivity contribution in [3.63, 3.8) is 0 Å². The average Bonchev–Trinajstić information content (AvgIpc) is 2.61. The predicted octanol–water partition coefficient (Wildman–Crippen LogP) is 4.84. The maximum Gasteiger partial charge on any atom is 0.166 e. The summed E-state index contributed by atoms with van der Waals surface area (Å²) in [6.07, 6.45) is 1.11. The number of anilines is 1. The molecule has 1 aromatic heterocycles. The lowest BCUT2D eigenvalue weighted by Crippen LogP contribution is -2.07. The second-order valence-electron chi connectivity index (χ2n) is 6.04. The summed E-state index contributed by atoms with van der Waals surface area (Å²) < 4.78 is 5.95. The van der Waals surface area contributed by atoms with E-state index in [0.29, 0.717) is 21.9 Å². The molecular formula is C20H19ClN2O3. The number of rotatable bonds is 4. The summed E-state index contributed by atoms with van der Waals surface area (Å²) in [5.41, 5.74) is 8.82. The number of hydrogen-bond acceptors (Lipinski definition) is 5. The Bertz CT molecular complexity index is 943. The van der Waals surface area contributed by atoms with Gasteiger partial charge in [-0.05, 0) is 49.2 Å². The molecule has 0 aliphatic rings. The van der Waals surface area contributed by atoms with Crippen molar-refractivity contribution in [3.8, 4) is 28.4 Å². The van der Waals surface area contributed by atoms with Gasteiger partial charge in [0.25, 0.3) is 0 Å². The summed E-state index contributed by atoms with van der Waals surface area (Å²) >= 11 is 6.23. The van der Waals surface area contributed by atoms with Crippen LogP contribution in [0.1, 0.15) is 24.2 Å². The molecule has 0 saturated heterocycles. The normalized spacial score (nSPS) is 12.0. The van der Waals surface area contributed by atoms with E-state index < -0.39 is 6.10 Å². The van der Waals surface area contributed by atoms with Crippen LogP contribution in [-0.2, 0) is 0 Å². The van der Waals surface area contributed by atoms with Crippen molar-refractivity contribution < 1.29 is 14.9 Å². The number of halogens is 1. The van der Waals surface area contributed by atoms with Crippen LogP contribution in [0.3, 0.4) is 0 Å². The predicted molar refractivity (Wildman–Crippen MR) is 103 cm³/mol. The maximum absolute atomic E-state index is 10.3. The van der Waals surface area contributed by atoms with Crippen molar-refractivity contribution in [2.75, 3.05) is 5.73 Å². The Hall–Kier alpha value is -2.92. The third kappa shape index (κ3) is 3.53. The van der Waals surface area contributed by atoms with Crippen molar-refractivity contribution in [2.24, 2.45) is 0 Å². The Morgan fingerprint density at radius 3 is 2.46 bits per heavy atom. The zero-order valence-corrected chi connectivity index (χ0v) is 15.2. The van der Waals surface area contributed by atoms with Crippen LogP contribution in [0.5, 0.6) is 17.2 Å². The molecule has 2 aromatic carbocycles. The minimum absolute atomic E-state index is 0.103. The highest BCUT2D eigenvalue weighted by atomic mass is 35.5. The Labute approximate surface area is 156 Å². The van der Waals surface area contributed by atoms with E-state index in [-0.39, 0.29) is 17.3 Å². The molecule has 5 nitrogen and oxygen atoms in total. The van der Waals surface area contributed by atoms with Crippen molar-refractivity contribution >= 4 is 17.4 Å². The van der Waals surface area contributed by atoms with E-state index in [9.17, 15) is 10.2 Å². The standard InChI is InChI=1S/C20H19ClN2O3/c1-11-3-8-16(21)18(19(11)25)12(2)26-17-9-14(10-23-20(17)22)13-4-6-15(24)7-5-13/h3-10,12,24-25H,1-2H3,(H2,22,23). The number of aryl methyl sites for hydroxylation is 1. The van der Waals surface area contributed by atoms with E-state index in [0.717, 1.165) is 11.1 Å². The summed E-state index contributed by atoms with van der Waals surface area (Å²) in [5, 5.41) is 20.2. The minimum Gasteiger partial charge on any atom is -0.508 e. The van der Waals surface area contributed by atoms with Gasteiger partial charge in [-0.15, -0.1) is 0 Å². The molecule has 4 N–H and O–H groups in total. The molecule has 0 amide bonds. The third-order valence-electron chi connectivity index (χ3n) is 4.16. The van der Waals surface area contributed by atoms with E-state index >= 15 is 0 Å². The first kappa shape index (κ1) is 17.9. The molecule has 0 saturated carbocycles. The monoisotopic (exact) mass is 370 g/mol. The number of ether oxygens (including phenoxy) is 1. The van der Waals surface area contributed by atoms with Crippen molar-refractivity contribution in [2.45, 2.75) is 20.0 Å². The quantitative estimate of drug-likeness (QED) is 0.611. The molecule has 134 valence electrons. The van der Waals surface area contributed by atoms with Crippen LogP contribution >= 0.6 is 11.6 Å². The number of benzene rings is 2. The first-order chi connectivity index (χ1) is 12.4. The zero-order valence-electron chi connectivity index (χ0n) is 14.4. The number of nitrogens with zero attached hydrogens (tertiary/aromatic N) is 1. The number of pyridine rings is 1. The maximum atomic E-state index is 10.3. The molecule has 3 aromatic rings. The van der Waals surface area contributed by atoms with Crippen molar-refractivity contribution in [3.05, 3.63) is 64.8 Å². The number of nitrogens with two attached hydrogens (primary N) is 1. The Balaban J connectivity index is 1.94. The molecule has 6 heteroatoms. The lowest BCUT2D eigenvalue weighted by Gasteiger charge is -2.19. The fraction of sp³-hybridized carbons (Fsp3) is 0.150. The molecule has 26 heavy (non-hydrogen) atoms. The summed E-state index contributed by atoms with van der Waals surface area (Å²) in [6.45, 7) is 3.58. The van der Waals surface area contributed by atoms with Gasteiger partial charge < -0.3 is 20.7 Å². The lowest BCUT2D eigenvalue weighted by molar-refractivity contribution is 0.222. The molecule has 0 spiro atoms. The molecule has 1 heterocycles. The van der Waals surface area contributed by atoms with E-state index in [1.54, 1.807) is 62.5 Å². The van der Waals surface area contributed by atoms with Crippen LogP contribution in [0, 0.1) is 6.92 Å². The minimum atomic E-state index is -0.526. The van der Waals surface area contributed by atoms with Gasteiger partial charge in [-0.3, -0.25) is 0 Å².